The van der Waals surface area contributed by atoms with E-state index in [-0.39, 0.29) is 12.6 Å². The Morgan fingerprint density at radius 2 is 1.90 bits per heavy atom. The summed E-state index contributed by atoms with van der Waals surface area (Å²) in [6.45, 7) is 0.216. The normalized spacial score (nSPS) is 12.2. The molecule has 2 aromatic carbocycles. The fraction of sp³-hybridized carbons (Fsp3) is 0.188. The lowest BCUT2D eigenvalue weighted by atomic mass is 10.1. The van der Waals surface area contributed by atoms with E-state index in [0.717, 1.165) is 10.6 Å². The summed E-state index contributed by atoms with van der Waals surface area (Å²) in [5, 5.41) is 0. The van der Waals surface area contributed by atoms with Crippen LogP contribution in [0, 0.1) is 0 Å². The molecule has 0 saturated heterocycles. The van der Waals surface area contributed by atoms with Crippen molar-refractivity contribution < 1.29 is 19.0 Å². The zero-order valence-electron chi connectivity index (χ0n) is 11.5. The van der Waals surface area contributed by atoms with Crippen molar-refractivity contribution in [3.05, 3.63) is 48.0 Å². The Balaban J connectivity index is 1.63. The molecule has 108 valence electrons. The summed E-state index contributed by atoms with van der Waals surface area (Å²) in [5.74, 6) is 2.58. The fourth-order valence-electron chi connectivity index (χ4n) is 1.97. The third-order valence-electron chi connectivity index (χ3n) is 3.12. The van der Waals surface area contributed by atoms with Gasteiger partial charge in [0.1, 0.15) is 5.75 Å². The van der Waals surface area contributed by atoms with E-state index < -0.39 is 0 Å². The van der Waals surface area contributed by atoms with E-state index >= 15 is 0 Å². The van der Waals surface area contributed by atoms with Crippen LogP contribution in [-0.2, 0) is 0 Å². The van der Waals surface area contributed by atoms with Crippen LogP contribution in [0.4, 0.5) is 0 Å². The quantitative estimate of drug-likeness (QED) is 0.625. The molecule has 0 saturated carbocycles. The van der Waals surface area contributed by atoms with Crippen molar-refractivity contribution in [1.29, 1.82) is 0 Å². The van der Waals surface area contributed by atoms with Crippen molar-refractivity contribution in [2.45, 2.75) is 4.90 Å². The number of hydrogen-bond acceptors (Lipinski definition) is 5. The molecule has 0 radical (unpaired) electrons. The Morgan fingerprint density at radius 1 is 1.14 bits per heavy atom. The highest BCUT2D eigenvalue weighted by atomic mass is 32.2. The molecular weight excluding hydrogens is 288 g/mol. The number of ether oxygens (including phenoxy) is 3. The number of fused-ring (bicyclic) bond motifs is 1. The van der Waals surface area contributed by atoms with Crippen LogP contribution in [0.5, 0.6) is 17.2 Å². The molecule has 21 heavy (non-hydrogen) atoms. The van der Waals surface area contributed by atoms with Gasteiger partial charge in [0.05, 0.1) is 12.9 Å². The van der Waals surface area contributed by atoms with Crippen molar-refractivity contribution >= 4 is 17.5 Å². The van der Waals surface area contributed by atoms with Gasteiger partial charge < -0.3 is 14.2 Å². The minimum Gasteiger partial charge on any atom is -0.497 e. The first-order valence-electron chi connectivity index (χ1n) is 6.46. The van der Waals surface area contributed by atoms with Crippen LogP contribution in [0.2, 0.25) is 0 Å². The van der Waals surface area contributed by atoms with E-state index in [0.29, 0.717) is 22.8 Å². The summed E-state index contributed by atoms with van der Waals surface area (Å²) in [5.41, 5.74) is 0.639. The molecule has 0 atom stereocenters. The maximum atomic E-state index is 12.2. The van der Waals surface area contributed by atoms with E-state index in [9.17, 15) is 4.79 Å². The maximum Gasteiger partial charge on any atom is 0.231 e. The van der Waals surface area contributed by atoms with Crippen molar-refractivity contribution in [2.75, 3.05) is 19.7 Å². The lowest BCUT2D eigenvalue weighted by Crippen LogP contribution is -2.02. The van der Waals surface area contributed by atoms with Crippen molar-refractivity contribution in [3.8, 4) is 17.2 Å². The first kappa shape index (κ1) is 13.8. The molecule has 0 aromatic heterocycles. The van der Waals surface area contributed by atoms with Crippen LogP contribution in [0.1, 0.15) is 10.4 Å². The molecule has 5 heteroatoms. The Morgan fingerprint density at radius 3 is 2.67 bits per heavy atom. The molecule has 1 heterocycles. The molecule has 0 N–H and O–H groups in total. The van der Waals surface area contributed by atoms with E-state index in [1.165, 1.54) is 11.8 Å². The SMILES string of the molecule is COc1ccc(SCC(=O)c2ccc3c(c2)OCO3)cc1. The highest BCUT2D eigenvalue weighted by Crippen LogP contribution is 2.33. The summed E-state index contributed by atoms with van der Waals surface area (Å²) in [6, 6.07) is 12.9. The average molecular weight is 302 g/mol. The van der Waals surface area contributed by atoms with Gasteiger partial charge in [-0.05, 0) is 42.5 Å². The maximum absolute atomic E-state index is 12.2. The number of rotatable bonds is 5. The van der Waals surface area contributed by atoms with E-state index in [4.69, 9.17) is 14.2 Å². The van der Waals surface area contributed by atoms with Crippen molar-refractivity contribution in [3.63, 3.8) is 0 Å². The molecule has 3 rings (SSSR count). The van der Waals surface area contributed by atoms with E-state index in [1.54, 1.807) is 25.3 Å². The van der Waals surface area contributed by atoms with Crippen LogP contribution in [0.15, 0.2) is 47.4 Å². The van der Waals surface area contributed by atoms with Gasteiger partial charge in [-0.15, -0.1) is 11.8 Å². The van der Waals surface area contributed by atoms with Crippen LogP contribution < -0.4 is 14.2 Å². The van der Waals surface area contributed by atoms with E-state index in [2.05, 4.69) is 0 Å². The highest BCUT2D eigenvalue weighted by Gasteiger charge is 2.16. The second-order valence-electron chi connectivity index (χ2n) is 4.46. The summed E-state index contributed by atoms with van der Waals surface area (Å²) in [4.78, 5) is 13.2. The van der Waals surface area contributed by atoms with Crippen LogP contribution in [0.3, 0.4) is 0 Å². The molecule has 0 bridgehead atoms. The first-order valence-corrected chi connectivity index (χ1v) is 7.44. The molecule has 0 aliphatic carbocycles. The fourth-order valence-corrected chi connectivity index (χ4v) is 2.77. The Bertz CT molecular complexity index is 652. The lowest BCUT2D eigenvalue weighted by molar-refractivity contribution is 0.102. The van der Waals surface area contributed by atoms with Gasteiger partial charge in [-0.2, -0.15) is 0 Å². The summed E-state index contributed by atoms with van der Waals surface area (Å²) in [7, 11) is 1.63. The molecule has 2 aromatic rings. The Labute approximate surface area is 127 Å². The number of methoxy groups -OCH3 is 1. The summed E-state index contributed by atoms with van der Waals surface area (Å²) < 4.78 is 15.6. The second-order valence-corrected chi connectivity index (χ2v) is 5.50. The van der Waals surface area contributed by atoms with Gasteiger partial charge in [0.2, 0.25) is 6.79 Å². The number of ketones is 1. The minimum atomic E-state index is 0.0640. The lowest BCUT2D eigenvalue weighted by Gasteiger charge is -2.04. The number of Topliss-reactive ketones (excluding diaryl/α,β-unsaturated/α-hetero) is 1. The number of carbonyl (C=O) groups is 1. The molecule has 0 unspecified atom stereocenters. The number of carbonyl (C=O) groups excluding carboxylic acids is 1. The molecule has 0 fully saturated rings. The van der Waals surface area contributed by atoms with Gasteiger partial charge in [0, 0.05) is 10.5 Å². The molecule has 0 amide bonds. The molecule has 0 spiro atoms. The predicted octanol–water partition coefficient (Wildman–Crippen LogP) is 3.40. The third kappa shape index (κ3) is 3.13. The van der Waals surface area contributed by atoms with Gasteiger partial charge in [0.25, 0.3) is 0 Å². The summed E-state index contributed by atoms with van der Waals surface area (Å²) in [6.07, 6.45) is 0. The minimum absolute atomic E-state index is 0.0640. The largest absolute Gasteiger partial charge is 0.497 e. The molecule has 1 aliphatic rings. The van der Waals surface area contributed by atoms with Gasteiger partial charge in [-0.3, -0.25) is 4.79 Å². The topological polar surface area (TPSA) is 44.8 Å². The standard InChI is InChI=1S/C16H14O4S/c1-18-12-3-5-13(6-4-12)21-9-14(17)11-2-7-15-16(8-11)20-10-19-15/h2-8H,9-10H2,1H3. The van der Waals surface area contributed by atoms with Gasteiger partial charge in [-0.25, -0.2) is 0 Å². The van der Waals surface area contributed by atoms with Gasteiger partial charge in [-0.1, -0.05) is 0 Å². The zero-order valence-corrected chi connectivity index (χ0v) is 12.3. The number of benzene rings is 2. The van der Waals surface area contributed by atoms with Crippen LogP contribution >= 0.6 is 11.8 Å². The Kier molecular flexibility index (Phi) is 4.01. The zero-order chi connectivity index (χ0) is 14.7. The van der Waals surface area contributed by atoms with Crippen LogP contribution in [0.25, 0.3) is 0 Å². The third-order valence-corrected chi connectivity index (χ3v) is 4.14. The van der Waals surface area contributed by atoms with Gasteiger partial charge >= 0.3 is 0 Å². The number of hydrogen-bond donors (Lipinski definition) is 0. The first-order chi connectivity index (χ1) is 10.3. The molecular formula is C16H14O4S. The van der Waals surface area contributed by atoms with Gasteiger partial charge in [0.15, 0.2) is 17.3 Å². The molecule has 1 aliphatic heterocycles. The smallest absolute Gasteiger partial charge is 0.231 e. The predicted molar refractivity (Wildman–Crippen MR) is 80.6 cm³/mol. The average Bonchev–Trinajstić information content (AvgIpc) is 3.00. The highest BCUT2D eigenvalue weighted by molar-refractivity contribution is 8.00. The van der Waals surface area contributed by atoms with Crippen LogP contribution in [-0.4, -0.2) is 25.4 Å². The Hall–Kier alpha value is -2.14. The number of thioether (sulfide) groups is 1. The second kappa shape index (κ2) is 6.10. The van der Waals surface area contributed by atoms with Crippen molar-refractivity contribution in [1.82, 2.24) is 0 Å². The monoisotopic (exact) mass is 302 g/mol. The van der Waals surface area contributed by atoms with Crippen molar-refractivity contribution in [2.24, 2.45) is 0 Å². The molecule has 4 nitrogen and oxygen atoms in total. The van der Waals surface area contributed by atoms with E-state index in [1.807, 2.05) is 24.3 Å². The summed E-state index contributed by atoms with van der Waals surface area (Å²) >= 11 is 1.50.